The van der Waals surface area contributed by atoms with Crippen molar-refractivity contribution in [2.75, 3.05) is 20.7 Å². The van der Waals surface area contributed by atoms with Crippen LogP contribution in [-0.4, -0.2) is 73.0 Å². The van der Waals surface area contributed by atoms with Gasteiger partial charge in [-0.25, -0.2) is 9.59 Å². The molecule has 158 valence electrons. The third kappa shape index (κ3) is 2.11. The fourth-order valence-corrected chi connectivity index (χ4v) is 5.88. The van der Waals surface area contributed by atoms with Crippen molar-refractivity contribution in [3.63, 3.8) is 0 Å². The standard InChI is InChI=1S/C21H21NO8/c1-22-8-7-20-15-11-3-4-13(27-2)16(15)29-17(20)12(24)5-6-21(20,14(22)9-11)30-19(26)18(25)28-10-23/h3-6,10,12,14,17,24H,7-9H2,1-2H3/t12-,14+,17-,20-,21+/m0/s1. The lowest BCUT2D eigenvalue weighted by Crippen LogP contribution is -2.76. The van der Waals surface area contributed by atoms with E-state index < -0.39 is 35.2 Å². The van der Waals surface area contributed by atoms with Crippen LogP contribution in [0, 0.1) is 0 Å². The number of aliphatic hydroxyl groups excluding tert-OH is 1. The number of benzene rings is 1. The van der Waals surface area contributed by atoms with Crippen LogP contribution in [0.15, 0.2) is 24.3 Å². The van der Waals surface area contributed by atoms with Crippen LogP contribution in [0.1, 0.15) is 17.5 Å². The summed E-state index contributed by atoms with van der Waals surface area (Å²) in [6.07, 6.45) is 2.61. The third-order valence-electron chi connectivity index (χ3n) is 7.04. The Labute approximate surface area is 172 Å². The lowest BCUT2D eigenvalue weighted by atomic mass is 9.50. The van der Waals surface area contributed by atoms with E-state index in [4.69, 9.17) is 14.2 Å². The van der Waals surface area contributed by atoms with Gasteiger partial charge < -0.3 is 24.1 Å². The summed E-state index contributed by atoms with van der Waals surface area (Å²) < 4.78 is 21.8. The minimum atomic E-state index is -1.39. The molecule has 0 amide bonds. The fraction of sp³-hybridized carbons (Fsp3) is 0.476. The molecule has 4 aliphatic rings. The van der Waals surface area contributed by atoms with Crippen molar-refractivity contribution in [1.82, 2.24) is 4.90 Å². The van der Waals surface area contributed by atoms with Crippen LogP contribution in [0.25, 0.3) is 0 Å². The number of methoxy groups -OCH3 is 1. The van der Waals surface area contributed by atoms with Gasteiger partial charge in [0.05, 0.1) is 18.6 Å². The number of ether oxygens (including phenoxy) is 4. The smallest absolute Gasteiger partial charge is 0.424 e. The van der Waals surface area contributed by atoms with E-state index in [0.29, 0.717) is 30.9 Å². The molecular weight excluding hydrogens is 394 g/mol. The van der Waals surface area contributed by atoms with Gasteiger partial charge in [-0.1, -0.05) is 12.1 Å². The minimum absolute atomic E-state index is 0.104. The summed E-state index contributed by atoms with van der Waals surface area (Å²) in [4.78, 5) is 37.1. The predicted octanol–water partition coefficient (Wildman–Crippen LogP) is -0.133. The molecule has 0 saturated carbocycles. The quantitative estimate of drug-likeness (QED) is 0.237. The Balaban J connectivity index is 1.75. The van der Waals surface area contributed by atoms with Crippen molar-refractivity contribution in [3.05, 3.63) is 35.4 Å². The molecule has 9 nitrogen and oxygen atoms in total. The number of aliphatic hydroxyl groups is 1. The highest BCUT2D eigenvalue weighted by atomic mass is 16.6. The second kappa shape index (κ2) is 6.29. The van der Waals surface area contributed by atoms with Gasteiger partial charge in [0.1, 0.15) is 12.2 Å². The van der Waals surface area contributed by atoms with E-state index >= 15 is 0 Å². The second-order valence-corrected chi connectivity index (χ2v) is 8.13. The van der Waals surface area contributed by atoms with Gasteiger partial charge in [-0.2, -0.15) is 0 Å². The van der Waals surface area contributed by atoms with Gasteiger partial charge in [-0.3, -0.25) is 9.69 Å². The van der Waals surface area contributed by atoms with Crippen LogP contribution in [0.2, 0.25) is 0 Å². The van der Waals surface area contributed by atoms with Crippen molar-refractivity contribution < 1.29 is 38.4 Å². The molecule has 1 saturated heterocycles. The first-order chi connectivity index (χ1) is 14.4. The summed E-state index contributed by atoms with van der Waals surface area (Å²) in [6.45, 7) is 0.576. The highest BCUT2D eigenvalue weighted by Crippen LogP contribution is 2.65. The van der Waals surface area contributed by atoms with Gasteiger partial charge >= 0.3 is 18.4 Å². The summed E-state index contributed by atoms with van der Waals surface area (Å²) in [5, 5.41) is 10.8. The maximum absolute atomic E-state index is 12.6. The molecule has 5 rings (SSSR count). The molecule has 0 radical (unpaired) electrons. The molecule has 1 fully saturated rings. The normalized spacial score (nSPS) is 35.1. The zero-order valence-electron chi connectivity index (χ0n) is 16.5. The van der Waals surface area contributed by atoms with Crippen LogP contribution < -0.4 is 9.47 Å². The maximum atomic E-state index is 12.6. The lowest BCUT2D eigenvalue weighted by molar-refractivity contribution is -0.201. The molecule has 1 aromatic carbocycles. The van der Waals surface area contributed by atoms with Crippen molar-refractivity contribution in [2.45, 2.75) is 42.1 Å². The number of hydrogen-bond donors (Lipinski definition) is 1. The van der Waals surface area contributed by atoms with E-state index in [9.17, 15) is 19.5 Å². The Kier molecular flexibility index (Phi) is 4.00. The maximum Gasteiger partial charge on any atom is 0.424 e. The van der Waals surface area contributed by atoms with E-state index in [-0.39, 0.29) is 12.5 Å². The fourth-order valence-electron chi connectivity index (χ4n) is 5.88. The van der Waals surface area contributed by atoms with Gasteiger partial charge in [0.25, 0.3) is 0 Å². The van der Waals surface area contributed by atoms with Gasteiger partial charge in [0.2, 0.25) is 0 Å². The molecule has 1 N–H and O–H groups in total. The Morgan fingerprint density at radius 3 is 2.87 bits per heavy atom. The summed E-state index contributed by atoms with van der Waals surface area (Å²) in [5.41, 5.74) is -0.328. The molecule has 2 aliphatic heterocycles. The Bertz CT molecular complexity index is 989. The molecule has 2 aliphatic carbocycles. The first-order valence-electron chi connectivity index (χ1n) is 9.72. The van der Waals surface area contributed by atoms with E-state index in [1.165, 1.54) is 6.08 Å². The predicted molar refractivity (Wildman–Crippen MR) is 100.0 cm³/mol. The topological polar surface area (TPSA) is 112 Å². The molecule has 1 aromatic rings. The second-order valence-electron chi connectivity index (χ2n) is 8.13. The van der Waals surface area contributed by atoms with E-state index in [1.807, 2.05) is 19.2 Å². The molecule has 1 spiro atoms. The zero-order valence-corrected chi connectivity index (χ0v) is 16.5. The average Bonchev–Trinajstić information content (AvgIpc) is 3.09. The summed E-state index contributed by atoms with van der Waals surface area (Å²) in [7, 11) is 3.47. The molecular formula is C21H21NO8. The number of hydrogen-bond acceptors (Lipinski definition) is 9. The van der Waals surface area contributed by atoms with Crippen molar-refractivity contribution in [3.8, 4) is 11.5 Å². The SMILES string of the molecule is COc1ccc2c3c1O[C@H]1[C@@H](O)C=C[C@@]4(OC(=O)C(=O)OC=O)[C@@H](C2)N(C)CC[C@]314. The van der Waals surface area contributed by atoms with Crippen LogP contribution in [0.3, 0.4) is 0 Å². The van der Waals surface area contributed by atoms with Gasteiger partial charge in [0, 0.05) is 5.56 Å². The first-order valence-corrected chi connectivity index (χ1v) is 9.72. The zero-order chi connectivity index (χ0) is 21.3. The average molecular weight is 415 g/mol. The highest BCUT2D eigenvalue weighted by Gasteiger charge is 2.74. The highest BCUT2D eigenvalue weighted by molar-refractivity contribution is 6.31. The number of rotatable bonds is 3. The third-order valence-corrected chi connectivity index (χ3v) is 7.04. The molecule has 9 heteroatoms. The van der Waals surface area contributed by atoms with Crippen molar-refractivity contribution in [1.29, 1.82) is 0 Å². The van der Waals surface area contributed by atoms with Gasteiger partial charge in [0.15, 0.2) is 17.1 Å². The number of piperidine rings is 1. The number of carbonyl (C=O) groups is 3. The lowest BCUT2D eigenvalue weighted by Gasteiger charge is -2.62. The van der Waals surface area contributed by atoms with Crippen LogP contribution in [0.5, 0.6) is 11.5 Å². The summed E-state index contributed by atoms with van der Waals surface area (Å²) in [6, 6.07) is 3.49. The number of likely N-dealkylation sites (N-methyl/N-ethyl adjacent to an activating group) is 1. The molecule has 30 heavy (non-hydrogen) atoms. The summed E-state index contributed by atoms with van der Waals surface area (Å²) in [5.74, 6) is -1.59. The minimum Gasteiger partial charge on any atom is -0.493 e. The number of likely N-dealkylation sites (tertiary alicyclic amines) is 1. The Morgan fingerprint density at radius 1 is 1.33 bits per heavy atom. The van der Waals surface area contributed by atoms with E-state index in [1.54, 1.807) is 13.2 Å². The van der Waals surface area contributed by atoms with Crippen molar-refractivity contribution in [2.24, 2.45) is 0 Å². The molecule has 2 bridgehead atoms. The van der Waals surface area contributed by atoms with E-state index in [0.717, 1.165) is 11.1 Å². The monoisotopic (exact) mass is 415 g/mol. The van der Waals surface area contributed by atoms with Crippen molar-refractivity contribution >= 4 is 18.4 Å². The van der Waals surface area contributed by atoms with Crippen LogP contribution in [-0.2, 0) is 35.7 Å². The molecule has 0 unspecified atom stereocenters. The summed E-state index contributed by atoms with van der Waals surface area (Å²) >= 11 is 0. The largest absolute Gasteiger partial charge is 0.493 e. The Morgan fingerprint density at radius 2 is 2.13 bits per heavy atom. The van der Waals surface area contributed by atoms with Crippen LogP contribution >= 0.6 is 0 Å². The van der Waals surface area contributed by atoms with Gasteiger partial charge in [-0.05, 0) is 44.1 Å². The molecule has 5 atom stereocenters. The molecule has 2 heterocycles. The first kappa shape index (κ1) is 19.1. The Hall–Kier alpha value is -2.91. The molecule has 0 aromatic heterocycles. The van der Waals surface area contributed by atoms with E-state index in [2.05, 4.69) is 9.64 Å². The number of carbonyl (C=O) groups excluding carboxylic acids is 3. The number of esters is 2. The van der Waals surface area contributed by atoms with Gasteiger partial charge in [-0.15, -0.1) is 0 Å². The number of nitrogens with zero attached hydrogens (tertiary/aromatic N) is 1. The van der Waals surface area contributed by atoms with Crippen LogP contribution in [0.4, 0.5) is 0 Å².